The van der Waals surface area contributed by atoms with Crippen molar-refractivity contribution >= 4 is 17.3 Å². The lowest BCUT2D eigenvalue weighted by Gasteiger charge is -2.35. The fraction of sp³-hybridized carbons (Fsp3) is 0.375. The molecule has 2 aromatic carbocycles. The van der Waals surface area contributed by atoms with E-state index in [0.717, 1.165) is 50.1 Å². The lowest BCUT2D eigenvalue weighted by Crippen LogP contribution is -2.34. The number of hydrogen-bond acceptors (Lipinski definition) is 3. The summed E-state index contributed by atoms with van der Waals surface area (Å²) in [6, 6.07) is 12.6. The highest BCUT2D eigenvalue weighted by Crippen LogP contribution is 2.39. The van der Waals surface area contributed by atoms with Crippen LogP contribution in [-0.2, 0) is 17.6 Å². The minimum atomic E-state index is 0.0755. The Hall–Kier alpha value is -2.95. The number of ether oxygens (including phenoxy) is 2. The molecular weight excluding hydrogens is 364 g/mol. The molecule has 0 unspecified atom stereocenters. The zero-order valence-electron chi connectivity index (χ0n) is 17.1. The quantitative estimate of drug-likeness (QED) is 0.568. The van der Waals surface area contributed by atoms with Gasteiger partial charge in [0.05, 0.1) is 19.8 Å². The smallest absolute Gasteiger partial charge is 0.210 e. The van der Waals surface area contributed by atoms with E-state index in [4.69, 9.17) is 9.47 Å². The molecular formula is C24H28N2O3. The van der Waals surface area contributed by atoms with Crippen molar-refractivity contribution in [3.63, 3.8) is 0 Å². The van der Waals surface area contributed by atoms with Crippen molar-refractivity contribution in [3.8, 4) is 11.5 Å². The van der Waals surface area contributed by atoms with Gasteiger partial charge in [-0.05, 0) is 67.5 Å². The Bertz CT molecular complexity index is 995. The van der Waals surface area contributed by atoms with Crippen molar-refractivity contribution in [2.24, 2.45) is 0 Å². The molecule has 0 aliphatic carbocycles. The third-order valence-electron chi connectivity index (χ3n) is 5.86. The Balaban J connectivity index is 1.55. The molecule has 29 heavy (non-hydrogen) atoms. The molecule has 0 radical (unpaired) electrons. The molecule has 0 saturated heterocycles. The van der Waals surface area contributed by atoms with Gasteiger partial charge < -0.3 is 19.4 Å². The van der Waals surface area contributed by atoms with Crippen LogP contribution in [-0.4, -0.2) is 36.6 Å². The number of para-hydroxylation sites is 1. The van der Waals surface area contributed by atoms with Crippen molar-refractivity contribution in [2.75, 3.05) is 20.3 Å². The maximum absolute atomic E-state index is 11.7. The zero-order chi connectivity index (χ0) is 20.2. The Morgan fingerprint density at radius 1 is 1.24 bits per heavy atom. The number of benzene rings is 2. The molecule has 4 rings (SSSR count). The number of rotatable bonds is 8. The van der Waals surface area contributed by atoms with Crippen molar-refractivity contribution in [1.29, 1.82) is 0 Å². The van der Waals surface area contributed by atoms with Crippen molar-refractivity contribution in [3.05, 3.63) is 59.3 Å². The highest BCUT2D eigenvalue weighted by Gasteiger charge is 2.28. The molecule has 2 heterocycles. The molecule has 1 atom stereocenters. The first-order valence-corrected chi connectivity index (χ1v) is 10.3. The Morgan fingerprint density at radius 3 is 2.90 bits per heavy atom. The number of aromatic nitrogens is 1. The molecule has 152 valence electrons. The standard InChI is InChI=1S/C24H28N2O3/c1-3-29-24-14-20-17(13-23(24)28-2)11-12-26(16-27)22(20)10-6-7-18-15-25-21-9-5-4-8-19(18)21/h4-5,8-9,13-16,22,25H,3,6-7,10-12H2,1-2H3/t22-/m0/s1. The molecule has 0 bridgehead atoms. The van der Waals surface area contributed by atoms with Crippen LogP contribution in [0.2, 0.25) is 0 Å². The molecule has 1 aliphatic rings. The second kappa shape index (κ2) is 8.60. The number of hydrogen-bond donors (Lipinski definition) is 1. The summed E-state index contributed by atoms with van der Waals surface area (Å²) in [4.78, 5) is 17.0. The van der Waals surface area contributed by atoms with E-state index in [1.54, 1.807) is 7.11 Å². The summed E-state index contributed by atoms with van der Waals surface area (Å²) in [5.74, 6) is 1.52. The van der Waals surface area contributed by atoms with Gasteiger partial charge in [0, 0.05) is 23.6 Å². The van der Waals surface area contributed by atoms with Gasteiger partial charge in [0.25, 0.3) is 0 Å². The van der Waals surface area contributed by atoms with Crippen LogP contribution >= 0.6 is 0 Å². The lowest BCUT2D eigenvalue weighted by molar-refractivity contribution is -0.120. The van der Waals surface area contributed by atoms with Crippen LogP contribution < -0.4 is 9.47 Å². The van der Waals surface area contributed by atoms with Crippen LogP contribution in [0.15, 0.2) is 42.6 Å². The molecule has 0 fully saturated rings. The fourth-order valence-electron chi connectivity index (χ4n) is 4.43. The van der Waals surface area contributed by atoms with Crippen LogP contribution in [0.25, 0.3) is 10.9 Å². The average Bonchev–Trinajstić information content (AvgIpc) is 3.17. The summed E-state index contributed by atoms with van der Waals surface area (Å²) >= 11 is 0. The first kappa shape index (κ1) is 19.4. The first-order chi connectivity index (χ1) is 14.2. The van der Waals surface area contributed by atoms with Gasteiger partial charge >= 0.3 is 0 Å². The second-order valence-electron chi connectivity index (χ2n) is 7.50. The molecule has 1 aliphatic heterocycles. The number of carbonyl (C=O) groups is 1. The molecule has 0 spiro atoms. The van der Waals surface area contributed by atoms with Gasteiger partial charge in [-0.25, -0.2) is 0 Å². The second-order valence-corrected chi connectivity index (χ2v) is 7.50. The normalized spacial score (nSPS) is 15.9. The van der Waals surface area contributed by atoms with Gasteiger partial charge in [0.2, 0.25) is 6.41 Å². The van der Waals surface area contributed by atoms with Crippen LogP contribution in [0.3, 0.4) is 0 Å². The monoisotopic (exact) mass is 392 g/mol. The molecule has 5 nitrogen and oxygen atoms in total. The fourth-order valence-corrected chi connectivity index (χ4v) is 4.43. The lowest BCUT2D eigenvalue weighted by atomic mass is 9.89. The predicted molar refractivity (Wildman–Crippen MR) is 115 cm³/mol. The number of carbonyl (C=O) groups excluding carboxylic acids is 1. The summed E-state index contributed by atoms with van der Waals surface area (Å²) in [5, 5.41) is 1.28. The van der Waals surface area contributed by atoms with Gasteiger partial charge in [0.15, 0.2) is 11.5 Å². The highest BCUT2D eigenvalue weighted by atomic mass is 16.5. The molecule has 1 amide bonds. The number of H-pyrrole nitrogens is 1. The van der Waals surface area contributed by atoms with Gasteiger partial charge in [-0.1, -0.05) is 18.2 Å². The number of nitrogens with zero attached hydrogens (tertiary/aromatic N) is 1. The van der Waals surface area contributed by atoms with Crippen LogP contribution in [0.4, 0.5) is 0 Å². The number of nitrogens with one attached hydrogen (secondary N) is 1. The number of amides is 1. The SMILES string of the molecule is CCOc1cc2c(cc1OC)CCN(C=O)[C@H]2CCCc1c[nH]c2ccccc12. The summed E-state index contributed by atoms with van der Waals surface area (Å²) in [6.45, 7) is 3.29. The summed E-state index contributed by atoms with van der Waals surface area (Å²) < 4.78 is 11.3. The van der Waals surface area contributed by atoms with Gasteiger partial charge in [-0.3, -0.25) is 4.79 Å². The number of methoxy groups -OCH3 is 1. The third-order valence-corrected chi connectivity index (χ3v) is 5.86. The Labute approximate surface area is 171 Å². The van der Waals surface area contributed by atoms with E-state index < -0.39 is 0 Å². The van der Waals surface area contributed by atoms with Crippen LogP contribution in [0.1, 0.15) is 42.5 Å². The van der Waals surface area contributed by atoms with Gasteiger partial charge in [0.1, 0.15) is 0 Å². The summed E-state index contributed by atoms with van der Waals surface area (Å²) in [7, 11) is 1.67. The third kappa shape index (κ3) is 3.82. The van der Waals surface area contributed by atoms with Gasteiger partial charge in [-0.15, -0.1) is 0 Å². The maximum Gasteiger partial charge on any atom is 0.210 e. The molecule has 1 N–H and O–H groups in total. The van der Waals surface area contributed by atoms with Crippen LogP contribution in [0.5, 0.6) is 11.5 Å². The highest BCUT2D eigenvalue weighted by molar-refractivity contribution is 5.83. The summed E-state index contributed by atoms with van der Waals surface area (Å²) in [5.41, 5.74) is 4.94. The average molecular weight is 392 g/mol. The van der Waals surface area contributed by atoms with E-state index >= 15 is 0 Å². The minimum absolute atomic E-state index is 0.0755. The van der Waals surface area contributed by atoms with E-state index in [-0.39, 0.29) is 6.04 Å². The topological polar surface area (TPSA) is 54.6 Å². The minimum Gasteiger partial charge on any atom is -0.493 e. The van der Waals surface area contributed by atoms with Crippen molar-refractivity contribution in [1.82, 2.24) is 9.88 Å². The molecule has 1 aromatic heterocycles. The number of fused-ring (bicyclic) bond motifs is 2. The van der Waals surface area contributed by atoms with E-state index in [0.29, 0.717) is 6.61 Å². The number of aryl methyl sites for hydroxylation is 1. The van der Waals surface area contributed by atoms with Crippen molar-refractivity contribution < 1.29 is 14.3 Å². The molecule has 0 saturated carbocycles. The van der Waals surface area contributed by atoms with Crippen LogP contribution in [0, 0.1) is 0 Å². The van der Waals surface area contributed by atoms with Gasteiger partial charge in [-0.2, -0.15) is 0 Å². The van der Waals surface area contributed by atoms with E-state index in [1.165, 1.54) is 27.6 Å². The Kier molecular flexibility index (Phi) is 5.74. The molecule has 3 aromatic rings. The summed E-state index contributed by atoms with van der Waals surface area (Å²) in [6.07, 6.45) is 6.85. The van der Waals surface area contributed by atoms with E-state index in [1.807, 2.05) is 17.9 Å². The first-order valence-electron chi connectivity index (χ1n) is 10.3. The predicted octanol–water partition coefficient (Wildman–Crippen LogP) is 4.65. The molecule has 5 heteroatoms. The van der Waals surface area contributed by atoms with E-state index in [9.17, 15) is 4.79 Å². The Morgan fingerprint density at radius 2 is 2.10 bits per heavy atom. The number of aromatic amines is 1. The maximum atomic E-state index is 11.7. The van der Waals surface area contributed by atoms with E-state index in [2.05, 4.69) is 41.5 Å². The zero-order valence-corrected chi connectivity index (χ0v) is 17.1. The largest absolute Gasteiger partial charge is 0.493 e. The van der Waals surface area contributed by atoms with Crippen molar-refractivity contribution in [2.45, 2.75) is 38.6 Å².